The Bertz CT molecular complexity index is 1320. The summed E-state index contributed by atoms with van der Waals surface area (Å²) in [5.74, 6) is -1.73. The number of halogens is 2. The second-order valence-corrected chi connectivity index (χ2v) is 9.44. The van der Waals surface area contributed by atoms with Crippen molar-refractivity contribution >= 4 is 17.4 Å². The van der Waals surface area contributed by atoms with Crippen LogP contribution in [0.3, 0.4) is 0 Å². The lowest BCUT2D eigenvalue weighted by Crippen LogP contribution is -2.37. The van der Waals surface area contributed by atoms with Crippen LogP contribution in [0.15, 0.2) is 36.4 Å². The first kappa shape index (κ1) is 24.1. The highest BCUT2D eigenvalue weighted by atomic mass is 19.1. The van der Waals surface area contributed by atoms with Crippen LogP contribution in [0.4, 0.5) is 20.3 Å². The SMILES string of the molecule is CN(C)Cc1cc(-c2cc(-c3cc4c(cc3F)C(=O)NCC4)c(N)nc2F)ccc1N1CCOCC1. The lowest BCUT2D eigenvalue weighted by Gasteiger charge is -2.31. The van der Waals surface area contributed by atoms with Crippen molar-refractivity contribution in [2.75, 3.05) is 57.6 Å². The molecule has 7 nitrogen and oxygen atoms in total. The van der Waals surface area contributed by atoms with E-state index in [1.807, 2.05) is 32.3 Å². The highest BCUT2D eigenvalue weighted by Crippen LogP contribution is 2.36. The summed E-state index contributed by atoms with van der Waals surface area (Å²) in [5, 5.41) is 2.71. The van der Waals surface area contributed by atoms with Gasteiger partial charge in [-0.2, -0.15) is 4.39 Å². The summed E-state index contributed by atoms with van der Waals surface area (Å²) in [6.07, 6.45) is 0.576. The van der Waals surface area contributed by atoms with Gasteiger partial charge in [-0.3, -0.25) is 4.79 Å². The van der Waals surface area contributed by atoms with Crippen molar-refractivity contribution < 1.29 is 18.3 Å². The van der Waals surface area contributed by atoms with Gasteiger partial charge in [-0.25, -0.2) is 9.37 Å². The molecule has 1 amide bonds. The van der Waals surface area contributed by atoms with Gasteiger partial charge in [0.15, 0.2) is 0 Å². The Hall–Kier alpha value is -3.56. The first-order chi connectivity index (χ1) is 17.3. The van der Waals surface area contributed by atoms with E-state index < -0.39 is 11.8 Å². The summed E-state index contributed by atoms with van der Waals surface area (Å²) in [4.78, 5) is 20.4. The number of carbonyl (C=O) groups is 1. The fraction of sp³-hybridized carbons (Fsp3) is 0.333. The zero-order valence-electron chi connectivity index (χ0n) is 20.4. The van der Waals surface area contributed by atoms with Crippen molar-refractivity contribution in [1.29, 1.82) is 0 Å². The average molecular weight is 494 g/mol. The molecule has 1 aromatic heterocycles. The molecular formula is C27H29F2N5O2. The van der Waals surface area contributed by atoms with Gasteiger partial charge in [0.2, 0.25) is 5.95 Å². The molecule has 0 unspecified atom stereocenters. The largest absolute Gasteiger partial charge is 0.383 e. The molecule has 2 aromatic carbocycles. The number of nitrogens with zero attached hydrogens (tertiary/aromatic N) is 3. The number of hydrogen-bond donors (Lipinski definition) is 2. The number of aromatic nitrogens is 1. The quantitative estimate of drug-likeness (QED) is 0.530. The predicted octanol–water partition coefficient (Wildman–Crippen LogP) is 3.46. The Balaban J connectivity index is 1.59. The molecule has 0 radical (unpaired) electrons. The van der Waals surface area contributed by atoms with Gasteiger partial charge in [-0.15, -0.1) is 0 Å². The first-order valence-corrected chi connectivity index (χ1v) is 12.0. The molecule has 0 atom stereocenters. The molecule has 3 heterocycles. The first-order valence-electron chi connectivity index (χ1n) is 12.0. The fourth-order valence-electron chi connectivity index (χ4n) is 4.90. The molecule has 0 aliphatic carbocycles. The molecule has 36 heavy (non-hydrogen) atoms. The van der Waals surface area contributed by atoms with Crippen LogP contribution in [-0.4, -0.2) is 62.7 Å². The smallest absolute Gasteiger partial charge is 0.251 e. The van der Waals surface area contributed by atoms with Crippen molar-refractivity contribution in [2.45, 2.75) is 13.0 Å². The van der Waals surface area contributed by atoms with Crippen LogP contribution in [0.5, 0.6) is 0 Å². The van der Waals surface area contributed by atoms with Gasteiger partial charge in [-0.1, -0.05) is 6.07 Å². The number of carbonyl (C=O) groups excluding carboxylic acids is 1. The minimum atomic E-state index is -0.719. The maximum Gasteiger partial charge on any atom is 0.251 e. The highest BCUT2D eigenvalue weighted by molar-refractivity contribution is 5.97. The predicted molar refractivity (Wildman–Crippen MR) is 136 cm³/mol. The Morgan fingerprint density at radius 3 is 2.58 bits per heavy atom. The van der Waals surface area contributed by atoms with Gasteiger partial charge >= 0.3 is 0 Å². The zero-order chi connectivity index (χ0) is 25.4. The van der Waals surface area contributed by atoms with Gasteiger partial charge in [-0.05, 0) is 67.5 Å². The number of amides is 1. The van der Waals surface area contributed by atoms with Gasteiger partial charge in [0.05, 0.1) is 13.2 Å². The van der Waals surface area contributed by atoms with Crippen LogP contribution < -0.4 is 16.0 Å². The van der Waals surface area contributed by atoms with Gasteiger partial charge < -0.3 is 25.6 Å². The van der Waals surface area contributed by atoms with E-state index >= 15 is 8.78 Å². The molecule has 2 aliphatic rings. The number of nitrogens with one attached hydrogen (secondary N) is 1. The number of hydrogen-bond acceptors (Lipinski definition) is 6. The number of fused-ring (bicyclic) bond motifs is 1. The maximum absolute atomic E-state index is 15.1. The number of nitrogens with two attached hydrogens (primary N) is 1. The molecule has 0 bridgehead atoms. The van der Waals surface area contributed by atoms with Gasteiger partial charge in [0, 0.05) is 54.1 Å². The number of anilines is 2. The Labute approximate surface area is 208 Å². The zero-order valence-corrected chi connectivity index (χ0v) is 20.4. The van der Waals surface area contributed by atoms with E-state index in [1.54, 1.807) is 12.1 Å². The van der Waals surface area contributed by atoms with E-state index in [0.29, 0.717) is 49.4 Å². The molecule has 1 fully saturated rings. The summed E-state index contributed by atoms with van der Waals surface area (Å²) in [6.45, 7) is 4.05. The number of rotatable bonds is 5. The van der Waals surface area contributed by atoms with Crippen molar-refractivity contribution in [1.82, 2.24) is 15.2 Å². The minimum Gasteiger partial charge on any atom is -0.383 e. The molecule has 3 N–H and O–H groups in total. The summed E-state index contributed by atoms with van der Waals surface area (Å²) in [6, 6.07) is 10.2. The van der Waals surface area contributed by atoms with Crippen molar-refractivity contribution in [2.24, 2.45) is 0 Å². The molecule has 3 aromatic rings. The second kappa shape index (κ2) is 9.83. The highest BCUT2D eigenvalue weighted by Gasteiger charge is 2.23. The molecule has 9 heteroatoms. The number of morpholine rings is 1. The van der Waals surface area contributed by atoms with Gasteiger partial charge in [0.1, 0.15) is 11.6 Å². The van der Waals surface area contributed by atoms with Crippen LogP contribution >= 0.6 is 0 Å². The van der Waals surface area contributed by atoms with E-state index in [2.05, 4.69) is 20.1 Å². The Morgan fingerprint density at radius 2 is 1.83 bits per heavy atom. The van der Waals surface area contributed by atoms with Crippen LogP contribution in [0.2, 0.25) is 0 Å². The molecule has 2 aliphatic heterocycles. The number of ether oxygens (including phenoxy) is 1. The summed E-state index contributed by atoms with van der Waals surface area (Å²) >= 11 is 0. The molecule has 1 saturated heterocycles. The monoisotopic (exact) mass is 493 g/mol. The Morgan fingerprint density at radius 1 is 1.06 bits per heavy atom. The number of pyridine rings is 1. The van der Waals surface area contributed by atoms with E-state index in [-0.39, 0.29) is 22.9 Å². The molecule has 5 rings (SSSR count). The summed E-state index contributed by atoms with van der Waals surface area (Å²) in [7, 11) is 3.97. The molecular weight excluding hydrogens is 464 g/mol. The van der Waals surface area contributed by atoms with E-state index in [1.165, 1.54) is 6.07 Å². The topological polar surface area (TPSA) is 83.7 Å². The normalized spacial score (nSPS) is 15.7. The van der Waals surface area contributed by atoms with E-state index in [0.717, 1.165) is 29.9 Å². The second-order valence-electron chi connectivity index (χ2n) is 9.44. The molecule has 0 spiro atoms. The standard InChI is InChI=1S/C27H29F2N5O2/c1-33(2)15-18-11-16(3-4-24(18)34-7-9-36-10-8-34)19-13-22(26(30)32-25(19)29)21-12-17-5-6-31-27(35)20(17)14-23(21)28/h3-4,11-14H,5-10,15H2,1-2H3,(H2,30,32)(H,31,35). The van der Waals surface area contributed by atoms with Crippen molar-refractivity contribution in [3.05, 3.63) is 64.9 Å². The van der Waals surface area contributed by atoms with Crippen molar-refractivity contribution in [3.8, 4) is 22.3 Å². The van der Waals surface area contributed by atoms with Crippen LogP contribution in [0.25, 0.3) is 22.3 Å². The average Bonchev–Trinajstić information content (AvgIpc) is 2.85. The van der Waals surface area contributed by atoms with Crippen molar-refractivity contribution in [3.63, 3.8) is 0 Å². The van der Waals surface area contributed by atoms with E-state index in [9.17, 15) is 4.79 Å². The minimum absolute atomic E-state index is 0.103. The third-order valence-electron chi connectivity index (χ3n) is 6.64. The summed E-state index contributed by atoms with van der Waals surface area (Å²) < 4.78 is 35.8. The fourth-order valence-corrected chi connectivity index (χ4v) is 4.90. The number of nitrogen functional groups attached to an aromatic ring is 1. The number of benzene rings is 2. The molecule has 0 saturated carbocycles. The Kier molecular flexibility index (Phi) is 6.59. The third kappa shape index (κ3) is 4.64. The third-order valence-corrected chi connectivity index (χ3v) is 6.64. The van der Waals surface area contributed by atoms with E-state index in [4.69, 9.17) is 10.5 Å². The van der Waals surface area contributed by atoms with Gasteiger partial charge in [0.25, 0.3) is 5.91 Å². The van der Waals surface area contributed by atoms with Crippen LogP contribution in [0.1, 0.15) is 21.5 Å². The van der Waals surface area contributed by atoms with Crippen LogP contribution in [0, 0.1) is 11.8 Å². The summed E-state index contributed by atoms with van der Waals surface area (Å²) in [5.41, 5.74) is 10.6. The lowest BCUT2D eigenvalue weighted by molar-refractivity contribution is 0.0945. The lowest BCUT2D eigenvalue weighted by atomic mass is 9.93. The molecule has 188 valence electrons. The maximum atomic E-state index is 15.1. The van der Waals surface area contributed by atoms with Crippen LogP contribution in [-0.2, 0) is 17.7 Å².